The van der Waals surface area contributed by atoms with E-state index in [0.29, 0.717) is 18.4 Å². The number of aliphatic hydroxyl groups is 3. The Bertz CT molecular complexity index is 1030. The van der Waals surface area contributed by atoms with Gasteiger partial charge in [-0.05, 0) is 36.8 Å². The highest BCUT2D eigenvalue weighted by Crippen LogP contribution is 2.75. The van der Waals surface area contributed by atoms with Crippen LogP contribution in [0.15, 0.2) is 23.3 Å². The molecule has 4 aliphatic rings. The summed E-state index contributed by atoms with van der Waals surface area (Å²) in [5, 5.41) is 34.8. The molecule has 200 valence electrons. The van der Waals surface area contributed by atoms with Gasteiger partial charge in [0, 0.05) is 30.6 Å². The number of allylic oxidation sites excluding steroid dienone is 1. The molecule has 2 saturated carbocycles. The molecule has 8 nitrogen and oxygen atoms in total. The van der Waals surface area contributed by atoms with Crippen LogP contribution < -0.4 is 0 Å². The van der Waals surface area contributed by atoms with Crippen LogP contribution in [-0.4, -0.2) is 63.1 Å². The van der Waals surface area contributed by atoms with Crippen LogP contribution in [0.3, 0.4) is 0 Å². The second kappa shape index (κ2) is 8.77. The standard InChI is InChI=1S/C28H40O8/c1-7-8-9-10-20(30)35-14-18-11-19-21-25(5,6)27(21,36-17(4)29)13-16(3)26(24(19)33)12-15(2)22(31)28(26,34)23(18)32/h11-12,16,19,21-23,31-32,34H,7-10,13-14H2,1-6H3/t16?,19?,21-,22?,23?,26?,27-,28+/m0/s1. The van der Waals surface area contributed by atoms with E-state index in [1.807, 2.05) is 20.8 Å². The van der Waals surface area contributed by atoms with Gasteiger partial charge < -0.3 is 24.8 Å². The molecule has 0 aromatic carbocycles. The third-order valence-corrected chi connectivity index (χ3v) is 9.58. The third kappa shape index (κ3) is 3.40. The van der Waals surface area contributed by atoms with Gasteiger partial charge >= 0.3 is 11.9 Å². The molecule has 36 heavy (non-hydrogen) atoms. The SMILES string of the molecule is CCCCCC(=O)OCC1=CC2C(=O)C3(C=C(C)C(O)[C@@]3(O)C1O)C(C)C[C@]1(OC(C)=O)[C@@H]2C1(C)C. The van der Waals surface area contributed by atoms with E-state index >= 15 is 0 Å². The van der Waals surface area contributed by atoms with E-state index < -0.39 is 58.0 Å². The Labute approximate surface area is 212 Å². The minimum absolute atomic E-state index is 0.178. The maximum atomic E-state index is 14.4. The lowest BCUT2D eigenvalue weighted by Crippen LogP contribution is -2.65. The van der Waals surface area contributed by atoms with Crippen molar-refractivity contribution < 1.29 is 39.2 Å². The van der Waals surface area contributed by atoms with Gasteiger partial charge in [-0.3, -0.25) is 14.4 Å². The predicted octanol–water partition coefficient (Wildman–Crippen LogP) is 2.63. The molecule has 4 aliphatic carbocycles. The van der Waals surface area contributed by atoms with Gasteiger partial charge in [-0.25, -0.2) is 0 Å². The van der Waals surface area contributed by atoms with Gasteiger partial charge in [0.2, 0.25) is 0 Å². The first-order valence-electron chi connectivity index (χ1n) is 13.1. The number of ether oxygens (including phenoxy) is 2. The van der Waals surface area contributed by atoms with Crippen molar-refractivity contribution in [3.63, 3.8) is 0 Å². The molecule has 1 spiro atoms. The monoisotopic (exact) mass is 504 g/mol. The number of hydrogen-bond acceptors (Lipinski definition) is 8. The lowest BCUT2D eigenvalue weighted by atomic mass is 9.59. The van der Waals surface area contributed by atoms with E-state index in [1.54, 1.807) is 26.0 Å². The summed E-state index contributed by atoms with van der Waals surface area (Å²) < 4.78 is 11.4. The second-order valence-electron chi connectivity index (χ2n) is 11.9. The smallest absolute Gasteiger partial charge is 0.306 e. The van der Waals surface area contributed by atoms with Crippen LogP contribution in [0.25, 0.3) is 0 Å². The van der Waals surface area contributed by atoms with Crippen LogP contribution in [-0.2, 0) is 23.9 Å². The van der Waals surface area contributed by atoms with E-state index in [0.717, 1.165) is 12.8 Å². The number of Topliss-reactive ketones (excluding diaryl/α,β-unsaturated/α-hetero) is 1. The number of ketones is 1. The minimum Gasteiger partial charge on any atom is -0.461 e. The summed E-state index contributed by atoms with van der Waals surface area (Å²) in [4.78, 5) is 38.9. The van der Waals surface area contributed by atoms with Crippen LogP contribution in [0.5, 0.6) is 0 Å². The highest BCUT2D eigenvalue weighted by Gasteiger charge is 2.83. The number of aliphatic hydroxyl groups excluding tert-OH is 2. The van der Waals surface area contributed by atoms with E-state index in [2.05, 4.69) is 0 Å². The molecule has 0 aromatic heterocycles. The summed E-state index contributed by atoms with van der Waals surface area (Å²) in [7, 11) is 0. The van der Waals surface area contributed by atoms with Gasteiger partial charge in [0.15, 0.2) is 5.78 Å². The van der Waals surface area contributed by atoms with Crippen LogP contribution >= 0.6 is 0 Å². The Morgan fingerprint density at radius 3 is 2.44 bits per heavy atom. The molecule has 2 bridgehead atoms. The van der Waals surface area contributed by atoms with Crippen molar-refractivity contribution >= 4 is 17.7 Å². The molecule has 0 heterocycles. The molecule has 2 fully saturated rings. The van der Waals surface area contributed by atoms with Crippen molar-refractivity contribution in [1.82, 2.24) is 0 Å². The molecule has 0 aromatic rings. The molecule has 0 aliphatic heterocycles. The van der Waals surface area contributed by atoms with Gasteiger partial charge in [-0.15, -0.1) is 0 Å². The normalized spacial score (nSPS) is 42.2. The van der Waals surface area contributed by atoms with E-state index in [9.17, 15) is 29.7 Å². The van der Waals surface area contributed by atoms with Crippen molar-refractivity contribution in [3.8, 4) is 0 Å². The van der Waals surface area contributed by atoms with Crippen molar-refractivity contribution in [2.75, 3.05) is 6.61 Å². The molecule has 0 radical (unpaired) electrons. The van der Waals surface area contributed by atoms with Crippen LogP contribution in [0.2, 0.25) is 0 Å². The van der Waals surface area contributed by atoms with Crippen molar-refractivity contribution in [3.05, 3.63) is 23.3 Å². The molecule has 8 heteroatoms. The second-order valence-corrected chi connectivity index (χ2v) is 11.9. The molecule has 8 atom stereocenters. The van der Waals surface area contributed by atoms with Gasteiger partial charge in [0.25, 0.3) is 0 Å². The number of esters is 2. The number of fused-ring (bicyclic) bond motifs is 3. The summed E-state index contributed by atoms with van der Waals surface area (Å²) in [5.41, 5.74) is -4.74. The van der Waals surface area contributed by atoms with E-state index in [4.69, 9.17) is 9.47 Å². The lowest BCUT2D eigenvalue weighted by Gasteiger charge is -2.48. The summed E-state index contributed by atoms with van der Waals surface area (Å²) in [6.07, 6.45) is 3.14. The first kappa shape index (κ1) is 27.0. The number of unbranched alkanes of at least 4 members (excludes halogenated alkanes) is 2. The maximum Gasteiger partial charge on any atom is 0.306 e. The summed E-state index contributed by atoms with van der Waals surface area (Å²) in [6, 6.07) is 0. The van der Waals surface area contributed by atoms with E-state index in [-0.39, 0.29) is 30.3 Å². The number of hydrogen-bond donors (Lipinski definition) is 3. The van der Waals surface area contributed by atoms with Crippen molar-refractivity contribution in [1.29, 1.82) is 0 Å². The predicted molar refractivity (Wildman–Crippen MR) is 130 cm³/mol. The number of carbonyl (C=O) groups is 3. The van der Waals surface area contributed by atoms with E-state index in [1.165, 1.54) is 6.92 Å². The highest BCUT2D eigenvalue weighted by molar-refractivity contribution is 5.95. The number of carbonyl (C=O) groups excluding carboxylic acids is 3. The van der Waals surface area contributed by atoms with Crippen LogP contribution in [0, 0.1) is 28.6 Å². The molecule has 5 unspecified atom stereocenters. The average Bonchev–Trinajstić information content (AvgIpc) is 3.20. The highest BCUT2D eigenvalue weighted by atomic mass is 16.6. The molecule has 4 rings (SSSR count). The molecule has 0 saturated heterocycles. The Balaban J connectivity index is 1.81. The fraction of sp³-hybridized carbons (Fsp3) is 0.750. The van der Waals surface area contributed by atoms with Gasteiger partial charge in [-0.1, -0.05) is 52.7 Å². The Kier molecular flexibility index (Phi) is 6.59. The summed E-state index contributed by atoms with van der Waals surface area (Å²) in [5.74, 6) is -2.95. The fourth-order valence-electron chi connectivity index (χ4n) is 7.73. The zero-order valence-electron chi connectivity index (χ0n) is 22.2. The molecular formula is C28H40O8. The lowest BCUT2D eigenvalue weighted by molar-refractivity contribution is -0.192. The topological polar surface area (TPSA) is 130 Å². The molecule has 3 N–H and O–H groups in total. The Hall–Kier alpha value is -2.03. The van der Waals surface area contributed by atoms with Crippen molar-refractivity contribution in [2.45, 2.75) is 97.1 Å². The third-order valence-electron chi connectivity index (χ3n) is 9.58. The largest absolute Gasteiger partial charge is 0.461 e. The van der Waals surface area contributed by atoms with Gasteiger partial charge in [0.1, 0.15) is 30.0 Å². The molecular weight excluding hydrogens is 464 g/mol. The average molecular weight is 505 g/mol. The Morgan fingerprint density at radius 2 is 1.83 bits per heavy atom. The number of rotatable bonds is 7. The zero-order chi connectivity index (χ0) is 26.8. The van der Waals surface area contributed by atoms with Crippen molar-refractivity contribution in [2.24, 2.45) is 28.6 Å². The first-order chi connectivity index (χ1) is 16.7. The Morgan fingerprint density at radius 1 is 1.17 bits per heavy atom. The quantitative estimate of drug-likeness (QED) is 0.274. The fourth-order valence-corrected chi connectivity index (χ4v) is 7.73. The maximum absolute atomic E-state index is 14.4. The van der Waals surface area contributed by atoms with Gasteiger partial charge in [0.05, 0.1) is 5.41 Å². The minimum atomic E-state index is -2.25. The van der Waals surface area contributed by atoms with Crippen LogP contribution in [0.1, 0.15) is 73.6 Å². The first-order valence-corrected chi connectivity index (χ1v) is 13.1. The zero-order valence-corrected chi connectivity index (χ0v) is 22.2. The molecule has 0 amide bonds. The van der Waals surface area contributed by atoms with Gasteiger partial charge in [-0.2, -0.15) is 0 Å². The summed E-state index contributed by atoms with van der Waals surface area (Å²) >= 11 is 0. The van der Waals surface area contributed by atoms with Crippen LogP contribution in [0.4, 0.5) is 0 Å². The summed E-state index contributed by atoms with van der Waals surface area (Å²) in [6.45, 7) is 10.4.